The van der Waals surface area contributed by atoms with Crippen molar-refractivity contribution in [2.75, 3.05) is 29.6 Å². The number of nitriles is 1. The fourth-order valence-electron chi connectivity index (χ4n) is 7.51. The van der Waals surface area contributed by atoms with Crippen LogP contribution in [0, 0.1) is 29.1 Å². The van der Waals surface area contributed by atoms with Crippen molar-refractivity contribution in [3.05, 3.63) is 29.8 Å². The zero-order chi connectivity index (χ0) is 21.9. The number of thioether (sulfide) groups is 1. The first-order valence-corrected chi connectivity index (χ1v) is 13.2. The molecule has 0 radical (unpaired) electrons. The van der Waals surface area contributed by atoms with Crippen LogP contribution in [-0.4, -0.2) is 53.0 Å². The highest BCUT2D eigenvalue weighted by molar-refractivity contribution is 7.99. The Morgan fingerprint density at radius 1 is 1.22 bits per heavy atom. The van der Waals surface area contributed by atoms with Crippen molar-refractivity contribution in [3.8, 4) is 6.07 Å². The van der Waals surface area contributed by atoms with Crippen LogP contribution in [0.1, 0.15) is 50.0 Å². The summed E-state index contributed by atoms with van der Waals surface area (Å²) in [6.45, 7) is 1.20. The topological polar surface area (TPSA) is 76.4 Å². The Morgan fingerprint density at radius 3 is 2.62 bits per heavy atom. The number of amides is 2. The van der Waals surface area contributed by atoms with E-state index in [1.807, 2.05) is 4.90 Å². The molecule has 2 heterocycles. The second-order valence-corrected chi connectivity index (χ2v) is 11.4. The summed E-state index contributed by atoms with van der Waals surface area (Å²) in [6, 6.07) is 10.8. The molecule has 32 heavy (non-hydrogen) atoms. The molecule has 6 fully saturated rings. The van der Waals surface area contributed by atoms with Crippen molar-refractivity contribution in [2.45, 2.75) is 56.0 Å². The third-order valence-corrected chi connectivity index (χ3v) is 9.84. The fourth-order valence-corrected chi connectivity index (χ4v) is 8.61. The number of carbonyl (C=O) groups is 2. The van der Waals surface area contributed by atoms with Gasteiger partial charge in [-0.25, -0.2) is 0 Å². The Balaban J connectivity index is 1.12. The highest BCUT2D eigenvalue weighted by atomic mass is 32.2. The second-order valence-electron chi connectivity index (χ2n) is 10.4. The van der Waals surface area contributed by atoms with Crippen molar-refractivity contribution in [2.24, 2.45) is 17.8 Å². The molecule has 7 heteroatoms. The van der Waals surface area contributed by atoms with Gasteiger partial charge in [-0.05, 0) is 73.5 Å². The Morgan fingerprint density at radius 2 is 1.97 bits per heavy atom. The van der Waals surface area contributed by atoms with Crippen LogP contribution in [-0.2, 0) is 9.59 Å². The number of hydrogen-bond donors (Lipinski definition) is 1. The van der Waals surface area contributed by atoms with E-state index in [9.17, 15) is 14.9 Å². The summed E-state index contributed by atoms with van der Waals surface area (Å²) in [7, 11) is 0. The lowest BCUT2D eigenvalue weighted by Gasteiger charge is -2.40. The van der Waals surface area contributed by atoms with Crippen molar-refractivity contribution in [3.63, 3.8) is 0 Å². The molecule has 6 nitrogen and oxygen atoms in total. The van der Waals surface area contributed by atoms with E-state index in [-0.39, 0.29) is 23.4 Å². The van der Waals surface area contributed by atoms with E-state index in [1.54, 1.807) is 16.7 Å². The van der Waals surface area contributed by atoms with Crippen LogP contribution >= 0.6 is 11.8 Å². The molecule has 2 unspecified atom stereocenters. The number of hydrogen-bond acceptors (Lipinski definition) is 5. The van der Waals surface area contributed by atoms with Crippen LogP contribution in [0.2, 0.25) is 0 Å². The third kappa shape index (κ3) is 3.18. The summed E-state index contributed by atoms with van der Waals surface area (Å²) in [4.78, 5) is 28.5. The Bertz CT molecular complexity index is 957. The minimum absolute atomic E-state index is 0.0748. The number of rotatable bonds is 5. The zero-order valence-electron chi connectivity index (χ0n) is 18.3. The summed E-state index contributed by atoms with van der Waals surface area (Å²) in [5.74, 6) is 4.29. The largest absolute Gasteiger partial charge is 0.315 e. The van der Waals surface area contributed by atoms with Gasteiger partial charge in [-0.15, -0.1) is 11.8 Å². The molecule has 1 N–H and O–H groups in total. The van der Waals surface area contributed by atoms with Crippen molar-refractivity contribution >= 4 is 29.3 Å². The average molecular weight is 451 g/mol. The van der Waals surface area contributed by atoms with Crippen LogP contribution < -0.4 is 10.2 Å². The predicted octanol–water partition coefficient (Wildman–Crippen LogP) is 3.10. The first-order valence-electron chi connectivity index (χ1n) is 12.0. The zero-order valence-corrected chi connectivity index (χ0v) is 19.2. The van der Waals surface area contributed by atoms with Gasteiger partial charge in [0.1, 0.15) is 6.04 Å². The second kappa shape index (κ2) is 7.78. The summed E-state index contributed by atoms with van der Waals surface area (Å²) in [5, 5.41) is 13.0. The van der Waals surface area contributed by atoms with E-state index in [0.717, 1.165) is 37.2 Å². The smallest absolute Gasteiger partial charge is 0.238 e. The van der Waals surface area contributed by atoms with Gasteiger partial charge in [-0.1, -0.05) is 12.1 Å². The first-order chi connectivity index (χ1) is 15.6. The van der Waals surface area contributed by atoms with Gasteiger partial charge in [-0.3, -0.25) is 9.59 Å². The van der Waals surface area contributed by atoms with Crippen molar-refractivity contribution < 1.29 is 9.59 Å². The first kappa shape index (κ1) is 20.6. The van der Waals surface area contributed by atoms with E-state index in [2.05, 4.69) is 35.7 Å². The number of carbonyl (C=O) groups excluding carboxylic acids is 2. The lowest BCUT2D eigenvalue weighted by molar-refractivity contribution is -0.130. The van der Waals surface area contributed by atoms with Crippen LogP contribution in [0.3, 0.4) is 0 Å². The number of nitrogens with zero attached hydrogens (tertiary/aromatic N) is 3. The maximum absolute atomic E-state index is 12.8. The summed E-state index contributed by atoms with van der Waals surface area (Å²) >= 11 is 1.67. The van der Waals surface area contributed by atoms with E-state index < -0.39 is 0 Å². The molecule has 2 amide bonds. The van der Waals surface area contributed by atoms with Crippen LogP contribution in [0.4, 0.5) is 5.69 Å². The quantitative estimate of drug-likeness (QED) is 0.746. The minimum atomic E-state index is -0.272. The van der Waals surface area contributed by atoms with Crippen LogP contribution in [0.25, 0.3) is 0 Å². The summed E-state index contributed by atoms with van der Waals surface area (Å²) < 4.78 is 0. The summed E-state index contributed by atoms with van der Waals surface area (Å²) in [6.07, 6.45) is 6.41. The molecule has 4 bridgehead atoms. The molecule has 1 aromatic rings. The molecule has 3 atom stereocenters. The monoisotopic (exact) mass is 450 g/mol. The van der Waals surface area contributed by atoms with Gasteiger partial charge in [0, 0.05) is 29.9 Å². The maximum atomic E-state index is 12.8. The van der Waals surface area contributed by atoms with E-state index >= 15 is 0 Å². The molecule has 4 aliphatic carbocycles. The van der Waals surface area contributed by atoms with Gasteiger partial charge < -0.3 is 15.1 Å². The van der Waals surface area contributed by atoms with Gasteiger partial charge >= 0.3 is 0 Å². The molecule has 2 saturated heterocycles. The minimum Gasteiger partial charge on any atom is -0.315 e. The molecule has 168 valence electrons. The molecule has 4 saturated carbocycles. The lowest BCUT2D eigenvalue weighted by Crippen LogP contribution is -2.52. The molecule has 6 aliphatic rings. The molecular weight excluding hydrogens is 420 g/mol. The Labute approximate surface area is 193 Å². The van der Waals surface area contributed by atoms with E-state index in [4.69, 9.17) is 0 Å². The van der Waals surface area contributed by atoms with E-state index in [1.165, 1.54) is 18.4 Å². The van der Waals surface area contributed by atoms with Crippen molar-refractivity contribution in [1.82, 2.24) is 10.2 Å². The van der Waals surface area contributed by atoms with Gasteiger partial charge in [0.25, 0.3) is 0 Å². The van der Waals surface area contributed by atoms with E-state index in [0.29, 0.717) is 42.5 Å². The average Bonchev–Trinajstić information content (AvgIpc) is 3.55. The van der Waals surface area contributed by atoms with Gasteiger partial charge in [-0.2, -0.15) is 5.26 Å². The third-order valence-electron chi connectivity index (χ3n) is 8.83. The Kier molecular flexibility index (Phi) is 5.00. The molecule has 2 aliphatic heterocycles. The molecule has 0 aromatic heterocycles. The van der Waals surface area contributed by atoms with Crippen molar-refractivity contribution in [1.29, 1.82) is 5.26 Å². The molecule has 1 aromatic carbocycles. The molecule has 0 spiro atoms. The number of anilines is 1. The van der Waals surface area contributed by atoms with Gasteiger partial charge in [0.2, 0.25) is 11.8 Å². The van der Waals surface area contributed by atoms with Gasteiger partial charge in [0.05, 0.1) is 18.5 Å². The predicted molar refractivity (Wildman–Crippen MR) is 124 cm³/mol. The number of nitrogens with one attached hydrogen (secondary N) is 1. The highest BCUT2D eigenvalue weighted by Gasteiger charge is 2.61. The molecule has 7 rings (SSSR count). The SMILES string of the molecule is N#C[C@@H]1CSCN1C(=O)CNC12CC3CC1CC(C2)C3c1ccc(N2CCCC2=O)cc1. The summed E-state index contributed by atoms with van der Waals surface area (Å²) in [5.41, 5.74) is 2.57. The van der Waals surface area contributed by atoms with Crippen LogP contribution in [0.5, 0.6) is 0 Å². The molecular formula is C25H30N4O2S. The highest BCUT2D eigenvalue weighted by Crippen LogP contribution is 2.65. The lowest BCUT2D eigenvalue weighted by atomic mass is 9.68. The maximum Gasteiger partial charge on any atom is 0.238 e. The van der Waals surface area contributed by atoms with Gasteiger partial charge in [0.15, 0.2) is 0 Å². The Hall–Kier alpha value is -2.04. The number of benzene rings is 1. The van der Waals surface area contributed by atoms with Crippen LogP contribution in [0.15, 0.2) is 24.3 Å². The fraction of sp³-hybridized carbons (Fsp3) is 0.640. The normalized spacial score (nSPS) is 37.5. The standard InChI is InChI=1S/C25H30N4O2S/c26-12-21-14-32-15-29(21)23(31)13-27-25-10-17-8-19(25)9-18(11-25)24(17)16-3-5-20(6-4-16)28-7-1-2-22(28)30/h3-6,17-19,21,24,27H,1-2,7-11,13-15H2/t17?,18?,19?,21-,24?,25?/m1/s1.